The second kappa shape index (κ2) is 5.77. The summed E-state index contributed by atoms with van der Waals surface area (Å²) in [5, 5.41) is 9.04. The van der Waals surface area contributed by atoms with Crippen molar-refractivity contribution in [3.8, 4) is 0 Å². The zero-order valence-electron chi connectivity index (χ0n) is 10.2. The minimum absolute atomic E-state index is 0.0176. The molecule has 0 radical (unpaired) electrons. The molecule has 0 amide bonds. The molecule has 1 unspecified atom stereocenters. The van der Waals surface area contributed by atoms with E-state index < -0.39 is 10.0 Å². The Morgan fingerprint density at radius 3 is 2.94 bits per heavy atom. The fraction of sp³-hybridized carbons (Fsp3) is 0.583. The summed E-state index contributed by atoms with van der Waals surface area (Å²) in [6, 6.07) is 3.10. The van der Waals surface area contributed by atoms with Crippen LogP contribution in [0.1, 0.15) is 25.7 Å². The predicted molar refractivity (Wildman–Crippen MR) is 67.5 cm³/mol. The number of aromatic nitrogens is 1. The number of piperidine rings is 1. The lowest BCUT2D eigenvalue weighted by atomic mass is 10.0. The zero-order chi connectivity index (χ0) is 13.0. The average Bonchev–Trinajstić information content (AvgIpc) is 2.41. The molecular formula is C12H18N2O3S. The van der Waals surface area contributed by atoms with E-state index in [1.807, 2.05) is 0 Å². The van der Waals surface area contributed by atoms with E-state index in [-0.39, 0.29) is 17.5 Å². The molecule has 1 aromatic heterocycles. The molecule has 5 nitrogen and oxygen atoms in total. The SMILES string of the molecule is O=S(=O)(c1cccnc1)N1CCCCC1CCO. The lowest BCUT2D eigenvalue weighted by Crippen LogP contribution is -2.44. The maximum Gasteiger partial charge on any atom is 0.244 e. The summed E-state index contributed by atoms with van der Waals surface area (Å²) in [4.78, 5) is 4.09. The van der Waals surface area contributed by atoms with Gasteiger partial charge >= 0.3 is 0 Å². The number of pyridine rings is 1. The number of aliphatic hydroxyl groups is 1. The maximum atomic E-state index is 12.5. The maximum absolute atomic E-state index is 12.5. The van der Waals surface area contributed by atoms with E-state index >= 15 is 0 Å². The predicted octanol–water partition coefficient (Wildman–Crippen LogP) is 1.01. The van der Waals surface area contributed by atoms with Gasteiger partial charge in [-0.1, -0.05) is 6.42 Å². The fourth-order valence-corrected chi connectivity index (χ4v) is 4.05. The van der Waals surface area contributed by atoms with Crippen molar-refractivity contribution in [2.75, 3.05) is 13.2 Å². The topological polar surface area (TPSA) is 70.5 Å². The average molecular weight is 270 g/mol. The largest absolute Gasteiger partial charge is 0.396 e. The Labute approximate surface area is 108 Å². The summed E-state index contributed by atoms with van der Waals surface area (Å²) in [5.74, 6) is 0. The monoisotopic (exact) mass is 270 g/mol. The van der Waals surface area contributed by atoms with Crippen molar-refractivity contribution in [2.45, 2.75) is 36.6 Å². The van der Waals surface area contributed by atoms with E-state index in [1.165, 1.54) is 10.5 Å². The Balaban J connectivity index is 2.27. The molecule has 100 valence electrons. The number of rotatable bonds is 4. The van der Waals surface area contributed by atoms with Gasteiger partial charge in [-0.15, -0.1) is 0 Å². The summed E-state index contributed by atoms with van der Waals surface area (Å²) in [7, 11) is -3.47. The molecule has 0 aromatic carbocycles. The molecule has 1 fully saturated rings. The molecule has 0 bridgehead atoms. The van der Waals surface area contributed by atoms with E-state index in [0.717, 1.165) is 19.3 Å². The first-order chi connectivity index (χ1) is 8.66. The van der Waals surface area contributed by atoms with Gasteiger partial charge in [-0.2, -0.15) is 4.31 Å². The van der Waals surface area contributed by atoms with Gasteiger partial charge in [-0.3, -0.25) is 4.98 Å². The summed E-state index contributed by atoms with van der Waals surface area (Å²) >= 11 is 0. The van der Waals surface area contributed by atoms with Gasteiger partial charge in [0.15, 0.2) is 0 Å². The van der Waals surface area contributed by atoms with Gasteiger partial charge in [0.05, 0.1) is 0 Å². The molecule has 1 aliphatic rings. The first-order valence-electron chi connectivity index (χ1n) is 6.19. The van der Waals surface area contributed by atoms with E-state index in [0.29, 0.717) is 13.0 Å². The molecule has 6 heteroatoms. The molecule has 1 N–H and O–H groups in total. The van der Waals surface area contributed by atoms with Gasteiger partial charge in [-0.25, -0.2) is 8.42 Å². The third-order valence-electron chi connectivity index (χ3n) is 3.28. The Morgan fingerprint density at radius 2 is 2.28 bits per heavy atom. The highest BCUT2D eigenvalue weighted by Crippen LogP contribution is 2.26. The summed E-state index contributed by atoms with van der Waals surface area (Å²) in [5.41, 5.74) is 0. The van der Waals surface area contributed by atoms with Crippen molar-refractivity contribution < 1.29 is 13.5 Å². The molecular weight excluding hydrogens is 252 g/mol. The number of nitrogens with zero attached hydrogens (tertiary/aromatic N) is 2. The Kier molecular flexibility index (Phi) is 4.31. The zero-order valence-corrected chi connectivity index (χ0v) is 11.0. The van der Waals surface area contributed by atoms with Crippen LogP contribution in [0, 0.1) is 0 Å². The number of hydrogen-bond acceptors (Lipinski definition) is 4. The van der Waals surface area contributed by atoms with Crippen LogP contribution in [0.3, 0.4) is 0 Å². The lowest BCUT2D eigenvalue weighted by Gasteiger charge is -2.34. The molecule has 1 aliphatic heterocycles. The van der Waals surface area contributed by atoms with Crippen molar-refractivity contribution in [2.24, 2.45) is 0 Å². The molecule has 1 atom stereocenters. The summed E-state index contributed by atoms with van der Waals surface area (Å²) < 4.78 is 26.5. The van der Waals surface area contributed by atoms with Crippen LogP contribution in [0.15, 0.2) is 29.4 Å². The van der Waals surface area contributed by atoms with Gasteiger partial charge < -0.3 is 5.11 Å². The van der Waals surface area contributed by atoms with Crippen LogP contribution >= 0.6 is 0 Å². The molecule has 2 rings (SSSR count). The van der Waals surface area contributed by atoms with Crippen LogP contribution in [0.2, 0.25) is 0 Å². The van der Waals surface area contributed by atoms with Gasteiger partial charge in [0, 0.05) is 31.6 Å². The standard InChI is InChI=1S/C12H18N2O3S/c15-9-6-11-4-1-2-8-14(11)18(16,17)12-5-3-7-13-10-12/h3,5,7,10-11,15H,1-2,4,6,8-9H2. The molecule has 0 aliphatic carbocycles. The first kappa shape index (κ1) is 13.5. The van der Waals surface area contributed by atoms with E-state index in [4.69, 9.17) is 5.11 Å². The van der Waals surface area contributed by atoms with Gasteiger partial charge in [0.1, 0.15) is 4.90 Å². The first-order valence-corrected chi connectivity index (χ1v) is 7.63. The minimum Gasteiger partial charge on any atom is -0.396 e. The second-order valence-corrected chi connectivity index (χ2v) is 6.36. The highest BCUT2D eigenvalue weighted by Gasteiger charge is 2.33. The molecule has 0 spiro atoms. The van der Waals surface area contributed by atoms with Crippen LogP contribution in [-0.4, -0.2) is 42.0 Å². The highest BCUT2D eigenvalue weighted by molar-refractivity contribution is 7.89. The molecule has 2 heterocycles. The molecule has 0 saturated carbocycles. The van der Waals surface area contributed by atoms with Gasteiger partial charge in [0.2, 0.25) is 10.0 Å². The molecule has 1 saturated heterocycles. The Bertz CT molecular complexity index is 473. The van der Waals surface area contributed by atoms with E-state index in [2.05, 4.69) is 4.98 Å². The molecule has 1 aromatic rings. The van der Waals surface area contributed by atoms with Crippen LogP contribution in [0.5, 0.6) is 0 Å². The number of hydrogen-bond donors (Lipinski definition) is 1. The van der Waals surface area contributed by atoms with Crippen molar-refractivity contribution in [1.29, 1.82) is 0 Å². The van der Waals surface area contributed by atoms with Crippen LogP contribution in [0.25, 0.3) is 0 Å². The normalized spacial score (nSPS) is 21.9. The molecule has 18 heavy (non-hydrogen) atoms. The number of aliphatic hydroxyl groups excluding tert-OH is 1. The van der Waals surface area contributed by atoms with Crippen molar-refractivity contribution in [3.63, 3.8) is 0 Å². The quantitative estimate of drug-likeness (QED) is 0.886. The smallest absolute Gasteiger partial charge is 0.244 e. The van der Waals surface area contributed by atoms with Gasteiger partial charge in [-0.05, 0) is 31.4 Å². The third kappa shape index (κ3) is 2.71. The lowest BCUT2D eigenvalue weighted by molar-refractivity contribution is 0.192. The van der Waals surface area contributed by atoms with Crippen molar-refractivity contribution in [1.82, 2.24) is 9.29 Å². The highest BCUT2D eigenvalue weighted by atomic mass is 32.2. The minimum atomic E-state index is -3.47. The van der Waals surface area contributed by atoms with Crippen LogP contribution < -0.4 is 0 Å². The third-order valence-corrected chi connectivity index (χ3v) is 5.21. The van der Waals surface area contributed by atoms with Crippen LogP contribution in [0.4, 0.5) is 0 Å². The number of sulfonamides is 1. The van der Waals surface area contributed by atoms with Gasteiger partial charge in [0.25, 0.3) is 0 Å². The second-order valence-electron chi connectivity index (χ2n) is 4.47. The Hall–Kier alpha value is -0.980. The van der Waals surface area contributed by atoms with Crippen molar-refractivity contribution >= 4 is 10.0 Å². The van der Waals surface area contributed by atoms with Crippen molar-refractivity contribution in [3.05, 3.63) is 24.5 Å². The Morgan fingerprint density at radius 1 is 1.44 bits per heavy atom. The van der Waals surface area contributed by atoms with E-state index in [9.17, 15) is 8.42 Å². The van der Waals surface area contributed by atoms with E-state index in [1.54, 1.807) is 18.3 Å². The van der Waals surface area contributed by atoms with Crippen LogP contribution in [-0.2, 0) is 10.0 Å². The summed E-state index contributed by atoms with van der Waals surface area (Å²) in [6.45, 7) is 0.547. The fourth-order valence-electron chi connectivity index (χ4n) is 2.36. The summed E-state index contributed by atoms with van der Waals surface area (Å²) in [6.07, 6.45) is 6.14.